The first-order valence-corrected chi connectivity index (χ1v) is 34.1. The minimum Gasteiger partial charge on any atom is -0.476 e. The molecule has 8 heterocycles. The number of nitrogens with zero attached hydrogens (tertiary/aromatic N) is 10. The summed E-state index contributed by atoms with van der Waals surface area (Å²) in [6.45, 7) is 15.1. The summed E-state index contributed by atoms with van der Waals surface area (Å²) in [4.78, 5) is 81.4. The lowest BCUT2D eigenvalue weighted by Gasteiger charge is -2.69. The maximum Gasteiger partial charge on any atom is 0.355 e. The predicted octanol–water partition coefficient (Wildman–Crippen LogP) is 12.2. The standard InChI is InChI=1S/C70H88N12O7S/c1-45-50-17-16-30-80(62(50)77-76-61(45)75-66-72-54-18-13-14-19-56(54)90-66)57-25-23-52(60(73-57)65(87)88)53-36-71-82(46(53)2)44-69-39-67(3)38-68(4,40-69)42-70(41-67,43-69)89-34-33-78(5)29-15-11-9-7-6-8-10-12-20-59(84)79-31-27-47(28-32-79)48-21-22-51-49(35-48)37-81(64(51)86)55-24-26-58(83)74-63(55)85/h13-14,18-19,21-23,25,35-36,47,55H,6-12,15-17,20,24,26-34,37-44H2,1-5H3,(H,87,88)(H,72,75,76)(H,74,83,85). The van der Waals surface area contributed by atoms with Crippen molar-refractivity contribution < 1.29 is 33.8 Å². The number of piperidine rings is 2. The van der Waals surface area contributed by atoms with Crippen LogP contribution >= 0.6 is 11.3 Å². The molecule has 90 heavy (non-hydrogen) atoms. The third-order valence-corrected chi connectivity index (χ3v) is 22.2. The van der Waals surface area contributed by atoms with Crippen molar-refractivity contribution in [1.29, 1.82) is 0 Å². The van der Waals surface area contributed by atoms with E-state index in [0.717, 1.165) is 153 Å². The number of carbonyl (C=O) groups excluding carboxylic acids is 4. The Bertz CT molecular complexity index is 3690. The fraction of sp³-hybridized carbons (Fsp3) is 0.571. The van der Waals surface area contributed by atoms with Crippen molar-refractivity contribution in [3.63, 3.8) is 0 Å². The normalized spacial score (nSPS) is 24.8. The Morgan fingerprint density at radius 2 is 1.56 bits per heavy atom. The van der Waals surface area contributed by atoms with Gasteiger partial charge in [0.25, 0.3) is 5.91 Å². The lowest BCUT2D eigenvalue weighted by atomic mass is 9.39. The van der Waals surface area contributed by atoms with Crippen LogP contribution in [0.5, 0.6) is 0 Å². The molecule has 6 aromatic rings. The second-order valence-electron chi connectivity index (χ2n) is 28.6. The van der Waals surface area contributed by atoms with Gasteiger partial charge in [0.1, 0.15) is 11.9 Å². The van der Waals surface area contributed by atoms with Crippen LogP contribution in [0.2, 0.25) is 0 Å². The maximum absolute atomic E-state index is 13.2. The maximum atomic E-state index is 13.2. The van der Waals surface area contributed by atoms with E-state index >= 15 is 0 Å². The number of aromatic nitrogens is 6. The number of amides is 4. The van der Waals surface area contributed by atoms with Crippen LogP contribution in [-0.4, -0.2) is 137 Å². The molecule has 6 fully saturated rings. The summed E-state index contributed by atoms with van der Waals surface area (Å²) < 4.78 is 10.4. The van der Waals surface area contributed by atoms with Gasteiger partial charge in [-0.2, -0.15) is 5.10 Å². The molecule has 2 aromatic carbocycles. The number of hydrogen-bond donors (Lipinski definition) is 3. The number of para-hydroxylation sites is 1. The molecule has 20 heteroatoms. The molecule has 3 N–H and O–H groups in total. The zero-order chi connectivity index (χ0) is 62.5. The highest BCUT2D eigenvalue weighted by Gasteiger charge is 2.66. The molecule has 0 radical (unpaired) electrons. The van der Waals surface area contributed by atoms with Gasteiger partial charge in [-0.15, -0.1) is 10.2 Å². The zero-order valence-electron chi connectivity index (χ0n) is 53.2. The van der Waals surface area contributed by atoms with E-state index in [1.54, 1.807) is 16.2 Å². The van der Waals surface area contributed by atoms with Crippen LogP contribution in [0, 0.1) is 30.1 Å². The number of ether oxygens (including phenoxy) is 1. The van der Waals surface area contributed by atoms with Crippen molar-refractivity contribution in [3.05, 3.63) is 100.0 Å². The predicted molar refractivity (Wildman–Crippen MR) is 347 cm³/mol. The summed E-state index contributed by atoms with van der Waals surface area (Å²) in [7, 11) is 2.23. The molecule has 4 bridgehead atoms. The van der Waals surface area contributed by atoms with Gasteiger partial charge in [0.05, 0.1) is 28.6 Å². The number of carboxylic acids is 1. The van der Waals surface area contributed by atoms with Crippen molar-refractivity contribution in [3.8, 4) is 11.1 Å². The van der Waals surface area contributed by atoms with Crippen LogP contribution in [0.4, 0.5) is 22.6 Å². The molecule has 4 aliphatic carbocycles. The number of nitrogens with one attached hydrogen (secondary N) is 2. The molecule has 476 valence electrons. The van der Waals surface area contributed by atoms with Gasteiger partial charge in [-0.1, -0.05) is 88.0 Å². The highest BCUT2D eigenvalue weighted by molar-refractivity contribution is 7.22. The Morgan fingerprint density at radius 3 is 2.31 bits per heavy atom. The lowest BCUT2D eigenvalue weighted by molar-refractivity contribution is -0.248. The van der Waals surface area contributed by atoms with Crippen LogP contribution in [-0.2, 0) is 38.6 Å². The molecule has 3 atom stereocenters. The monoisotopic (exact) mass is 1240 g/mol. The molecule has 4 amide bonds. The minimum atomic E-state index is -1.09. The van der Waals surface area contributed by atoms with E-state index < -0.39 is 17.9 Å². The Kier molecular flexibility index (Phi) is 17.2. The number of rotatable bonds is 24. The summed E-state index contributed by atoms with van der Waals surface area (Å²) in [6, 6.07) is 17.3. The number of fused-ring (bicyclic) bond motifs is 3. The molecule has 4 aromatic heterocycles. The molecule has 4 saturated carbocycles. The van der Waals surface area contributed by atoms with Crippen LogP contribution in [0.1, 0.15) is 197 Å². The van der Waals surface area contributed by atoms with Gasteiger partial charge >= 0.3 is 5.97 Å². The Hall–Kier alpha value is -7.16. The van der Waals surface area contributed by atoms with Crippen molar-refractivity contribution in [1.82, 2.24) is 50.0 Å². The number of hydrogen-bond acceptors (Lipinski definition) is 15. The number of anilines is 4. The van der Waals surface area contributed by atoms with Gasteiger partial charge in [-0.25, -0.2) is 14.8 Å². The van der Waals surface area contributed by atoms with Gasteiger partial charge in [0.2, 0.25) is 17.7 Å². The van der Waals surface area contributed by atoms with Gasteiger partial charge in [0, 0.05) is 85.6 Å². The number of likely N-dealkylation sites (N-methyl/N-ethyl adjacent to an activating group) is 1. The minimum absolute atomic E-state index is 0.00601. The van der Waals surface area contributed by atoms with Gasteiger partial charge < -0.3 is 34.8 Å². The molecule has 3 unspecified atom stereocenters. The molecule has 0 spiro atoms. The van der Waals surface area contributed by atoms with Crippen LogP contribution in [0.25, 0.3) is 21.3 Å². The number of imide groups is 1. The Balaban J connectivity index is 0.534. The molecule has 8 aliphatic rings. The fourth-order valence-corrected chi connectivity index (χ4v) is 18.8. The highest BCUT2D eigenvalue weighted by Crippen LogP contribution is 2.72. The molecule has 2 saturated heterocycles. The van der Waals surface area contributed by atoms with E-state index in [2.05, 4.69) is 65.3 Å². The van der Waals surface area contributed by atoms with E-state index in [-0.39, 0.29) is 51.7 Å². The first-order valence-electron chi connectivity index (χ1n) is 33.3. The van der Waals surface area contributed by atoms with E-state index in [9.17, 15) is 29.1 Å². The quantitative estimate of drug-likeness (QED) is 0.0379. The first-order chi connectivity index (χ1) is 43.3. The molecular weight excluding hydrogens is 1150 g/mol. The second kappa shape index (κ2) is 25.1. The Labute approximate surface area is 532 Å². The number of carbonyl (C=O) groups is 5. The van der Waals surface area contributed by atoms with Gasteiger partial charge in [-0.05, 0) is 175 Å². The number of pyridine rings is 1. The average Bonchev–Trinajstić information content (AvgIpc) is 0.812. The average molecular weight is 1240 g/mol. The fourth-order valence-electron chi connectivity index (χ4n) is 18.0. The smallest absolute Gasteiger partial charge is 0.355 e. The number of carboxylic acid groups (broad SMARTS) is 1. The summed E-state index contributed by atoms with van der Waals surface area (Å²) in [6.07, 6.45) is 22.5. The summed E-state index contributed by atoms with van der Waals surface area (Å²) in [5, 5.41) is 31.6. The van der Waals surface area contributed by atoms with Crippen molar-refractivity contribution in [2.24, 2.45) is 16.2 Å². The molecule has 4 aliphatic heterocycles. The van der Waals surface area contributed by atoms with E-state index in [1.165, 1.54) is 50.5 Å². The SMILES string of the molecule is Cc1c(Nc2nc3ccccc3s2)nnc2c1CCCN2c1ccc(-c2cnn(CC34CC5(C)CC(C)(C3)CC(OCCN(C)CCCCCCCCCCC(=O)N3CCC(c6ccc7c(c6)CN(C6CCC(=O)NC6=O)C7=O)CC3)(C5)C4)c2C)c(C(=O)O)n1. The van der Waals surface area contributed by atoms with Gasteiger partial charge in [0.15, 0.2) is 22.5 Å². The van der Waals surface area contributed by atoms with Crippen LogP contribution < -0.4 is 15.5 Å². The van der Waals surface area contributed by atoms with Gasteiger partial charge in [-0.3, -0.25) is 29.2 Å². The Morgan fingerprint density at radius 1 is 0.811 bits per heavy atom. The number of likely N-dealkylation sites (tertiary alicyclic amines) is 1. The first kappa shape index (κ1) is 61.7. The van der Waals surface area contributed by atoms with Crippen molar-refractivity contribution in [2.45, 2.75) is 193 Å². The van der Waals surface area contributed by atoms with Crippen LogP contribution in [0.3, 0.4) is 0 Å². The van der Waals surface area contributed by atoms with Crippen molar-refractivity contribution >= 4 is 73.7 Å². The van der Waals surface area contributed by atoms with Crippen LogP contribution in [0.15, 0.2) is 60.8 Å². The highest BCUT2D eigenvalue weighted by atomic mass is 32.1. The molecule has 14 rings (SSSR count). The van der Waals surface area contributed by atoms with E-state index in [4.69, 9.17) is 24.9 Å². The zero-order valence-corrected chi connectivity index (χ0v) is 54.0. The topological polar surface area (TPSA) is 221 Å². The summed E-state index contributed by atoms with van der Waals surface area (Å²) in [5.41, 5.74) is 8.24. The summed E-state index contributed by atoms with van der Waals surface area (Å²) in [5.74, 6) is 0.568. The van der Waals surface area contributed by atoms with Crippen molar-refractivity contribution in [2.75, 3.05) is 56.6 Å². The number of benzene rings is 2. The lowest BCUT2D eigenvalue weighted by Crippen LogP contribution is -2.64. The number of unbranched alkanes of at least 4 members (excludes halogenated alkanes) is 7. The number of thiazole rings is 1. The summed E-state index contributed by atoms with van der Waals surface area (Å²) >= 11 is 1.57. The third kappa shape index (κ3) is 12.6. The third-order valence-electron chi connectivity index (χ3n) is 21.2. The molecule has 19 nitrogen and oxygen atoms in total. The number of aromatic carboxylic acids is 1. The van der Waals surface area contributed by atoms with E-state index in [1.807, 2.05) is 65.4 Å². The largest absolute Gasteiger partial charge is 0.476 e. The van der Waals surface area contributed by atoms with E-state index in [0.29, 0.717) is 60.4 Å². The molecular formula is C70H88N12O7S. The second-order valence-corrected chi connectivity index (χ2v) is 29.6.